The molecule has 0 bridgehead atoms. The lowest BCUT2D eigenvalue weighted by Gasteiger charge is -1.76. The Hall–Kier alpha value is -0.410. The van der Waals surface area contributed by atoms with Gasteiger partial charge in [0.15, 0.2) is 0 Å². The highest BCUT2D eigenvalue weighted by atomic mass is 32.1. The summed E-state index contributed by atoms with van der Waals surface area (Å²) < 4.78 is 3.77. The summed E-state index contributed by atoms with van der Waals surface area (Å²) in [7, 11) is 0. The molecule has 1 aromatic heterocycles. The molecule has 0 spiro atoms. The van der Waals surface area contributed by atoms with E-state index < -0.39 is 0 Å². The lowest BCUT2D eigenvalue weighted by atomic mass is 10.5. The standard InChI is InChI=1S/C4H5NOS/c6-3-4-1-2-5-7-4/h1-2,6H,3H2. The maximum Gasteiger partial charge on any atom is 0.0790 e. The normalized spacial score (nSPS) is 9.29. The molecule has 0 amide bonds. The SMILES string of the molecule is OCc1ccns1. The van der Waals surface area contributed by atoms with Crippen LogP contribution in [0.3, 0.4) is 0 Å². The van der Waals surface area contributed by atoms with Crippen molar-refractivity contribution < 1.29 is 5.11 Å². The van der Waals surface area contributed by atoms with Gasteiger partial charge in [0.25, 0.3) is 0 Å². The second-order valence-electron chi connectivity index (χ2n) is 1.14. The van der Waals surface area contributed by atoms with Crippen LogP contribution in [0.15, 0.2) is 12.3 Å². The van der Waals surface area contributed by atoms with Crippen LogP contribution >= 0.6 is 11.5 Å². The quantitative estimate of drug-likeness (QED) is 0.582. The molecule has 0 fully saturated rings. The third kappa shape index (κ3) is 0.976. The first-order valence-electron chi connectivity index (χ1n) is 1.94. The van der Waals surface area contributed by atoms with Gasteiger partial charge in [-0.15, -0.1) is 0 Å². The highest BCUT2D eigenvalue weighted by Crippen LogP contribution is 2.01. The van der Waals surface area contributed by atoms with Gasteiger partial charge >= 0.3 is 0 Å². The highest BCUT2D eigenvalue weighted by molar-refractivity contribution is 7.05. The Kier molecular flexibility index (Phi) is 1.38. The Bertz CT molecular complexity index is 126. The molecule has 0 radical (unpaired) electrons. The average molecular weight is 115 g/mol. The van der Waals surface area contributed by atoms with E-state index in [1.165, 1.54) is 11.5 Å². The van der Waals surface area contributed by atoms with Crippen molar-refractivity contribution in [3.8, 4) is 0 Å². The Morgan fingerprint density at radius 1 is 1.86 bits per heavy atom. The van der Waals surface area contributed by atoms with Crippen LogP contribution in [-0.2, 0) is 6.61 Å². The summed E-state index contributed by atoms with van der Waals surface area (Å²) in [5.74, 6) is 0. The van der Waals surface area contributed by atoms with Crippen LogP contribution in [0, 0.1) is 0 Å². The molecule has 1 heterocycles. The molecule has 0 aliphatic carbocycles. The first-order chi connectivity index (χ1) is 3.43. The fourth-order valence-corrected chi connectivity index (χ4v) is 0.760. The fraction of sp³-hybridized carbons (Fsp3) is 0.250. The van der Waals surface area contributed by atoms with Gasteiger partial charge in [0.05, 0.1) is 11.5 Å². The van der Waals surface area contributed by atoms with Crippen LogP contribution in [0.2, 0.25) is 0 Å². The van der Waals surface area contributed by atoms with E-state index in [4.69, 9.17) is 5.11 Å². The first-order valence-corrected chi connectivity index (χ1v) is 2.71. The van der Waals surface area contributed by atoms with Gasteiger partial charge < -0.3 is 5.11 Å². The molecule has 2 nitrogen and oxygen atoms in total. The molecule has 0 saturated heterocycles. The third-order valence-electron chi connectivity index (χ3n) is 0.647. The number of aliphatic hydroxyl groups is 1. The molecule has 1 N–H and O–H groups in total. The van der Waals surface area contributed by atoms with E-state index in [1.54, 1.807) is 12.3 Å². The summed E-state index contributed by atoms with van der Waals surface area (Å²) in [5, 5.41) is 8.40. The predicted molar refractivity (Wildman–Crippen MR) is 28.0 cm³/mol. The van der Waals surface area contributed by atoms with Crippen LogP contribution in [-0.4, -0.2) is 9.48 Å². The zero-order valence-electron chi connectivity index (χ0n) is 3.66. The molecule has 0 aliphatic rings. The van der Waals surface area contributed by atoms with Gasteiger partial charge in [-0.1, -0.05) is 0 Å². The van der Waals surface area contributed by atoms with Crippen LogP contribution in [0.5, 0.6) is 0 Å². The van der Waals surface area contributed by atoms with Crippen LogP contribution in [0.4, 0.5) is 0 Å². The van der Waals surface area contributed by atoms with Crippen molar-refractivity contribution in [1.82, 2.24) is 4.37 Å². The van der Waals surface area contributed by atoms with Crippen LogP contribution in [0.25, 0.3) is 0 Å². The Labute approximate surface area is 45.6 Å². The van der Waals surface area contributed by atoms with E-state index >= 15 is 0 Å². The van der Waals surface area contributed by atoms with Crippen molar-refractivity contribution in [1.29, 1.82) is 0 Å². The highest BCUT2D eigenvalue weighted by Gasteiger charge is 1.85. The largest absolute Gasteiger partial charge is 0.391 e. The molecule has 1 aromatic rings. The second kappa shape index (κ2) is 2.04. The average Bonchev–Trinajstić information content (AvgIpc) is 2.14. The molecule has 0 saturated carbocycles. The molecule has 38 valence electrons. The number of hydrogen-bond donors (Lipinski definition) is 1. The van der Waals surface area contributed by atoms with E-state index in [-0.39, 0.29) is 6.61 Å². The lowest BCUT2D eigenvalue weighted by Crippen LogP contribution is -1.69. The molecule has 7 heavy (non-hydrogen) atoms. The summed E-state index contributed by atoms with van der Waals surface area (Å²) in [6, 6.07) is 1.80. The van der Waals surface area contributed by atoms with E-state index in [0.29, 0.717) is 0 Å². The van der Waals surface area contributed by atoms with Gasteiger partial charge in [-0.05, 0) is 17.6 Å². The van der Waals surface area contributed by atoms with Gasteiger partial charge in [0.2, 0.25) is 0 Å². The smallest absolute Gasteiger partial charge is 0.0790 e. The summed E-state index contributed by atoms with van der Waals surface area (Å²) in [6.07, 6.45) is 1.68. The van der Waals surface area contributed by atoms with E-state index in [9.17, 15) is 0 Å². The summed E-state index contributed by atoms with van der Waals surface area (Å²) in [4.78, 5) is 0.917. The number of nitrogens with zero attached hydrogens (tertiary/aromatic N) is 1. The van der Waals surface area contributed by atoms with Crippen molar-refractivity contribution in [2.24, 2.45) is 0 Å². The maximum absolute atomic E-state index is 8.40. The molecular formula is C4H5NOS. The Morgan fingerprint density at radius 2 is 2.71 bits per heavy atom. The topological polar surface area (TPSA) is 33.1 Å². The summed E-state index contributed by atoms with van der Waals surface area (Å²) in [6.45, 7) is 0.116. The van der Waals surface area contributed by atoms with Gasteiger partial charge in [-0.3, -0.25) is 0 Å². The van der Waals surface area contributed by atoms with Crippen molar-refractivity contribution in [3.63, 3.8) is 0 Å². The molecule has 0 unspecified atom stereocenters. The van der Waals surface area contributed by atoms with Gasteiger partial charge in [0.1, 0.15) is 0 Å². The second-order valence-corrected chi connectivity index (χ2v) is 2.05. The van der Waals surface area contributed by atoms with Crippen molar-refractivity contribution >= 4 is 11.5 Å². The van der Waals surface area contributed by atoms with E-state index in [0.717, 1.165) is 4.88 Å². The van der Waals surface area contributed by atoms with Crippen LogP contribution in [0.1, 0.15) is 4.88 Å². The zero-order valence-corrected chi connectivity index (χ0v) is 4.48. The van der Waals surface area contributed by atoms with Crippen LogP contribution < -0.4 is 0 Å². The Balaban J connectivity index is 2.76. The van der Waals surface area contributed by atoms with Crippen molar-refractivity contribution in [2.45, 2.75) is 6.61 Å². The zero-order chi connectivity index (χ0) is 5.11. The first kappa shape index (κ1) is 4.74. The molecular weight excluding hydrogens is 110 g/mol. The third-order valence-corrected chi connectivity index (χ3v) is 1.37. The lowest BCUT2D eigenvalue weighted by molar-refractivity contribution is 0.285. The molecule has 1 rings (SSSR count). The molecule has 0 atom stereocenters. The number of rotatable bonds is 1. The number of aliphatic hydroxyl groups excluding tert-OH is 1. The predicted octanol–water partition coefficient (Wildman–Crippen LogP) is 0.635. The molecule has 0 aliphatic heterocycles. The maximum atomic E-state index is 8.40. The summed E-state index contributed by atoms with van der Waals surface area (Å²) >= 11 is 1.32. The number of hydrogen-bond acceptors (Lipinski definition) is 3. The number of aromatic nitrogens is 1. The van der Waals surface area contributed by atoms with Gasteiger partial charge in [-0.25, -0.2) is 4.37 Å². The summed E-state index contributed by atoms with van der Waals surface area (Å²) in [5.41, 5.74) is 0. The molecule has 0 aromatic carbocycles. The van der Waals surface area contributed by atoms with Gasteiger partial charge in [-0.2, -0.15) is 0 Å². The van der Waals surface area contributed by atoms with Crippen molar-refractivity contribution in [3.05, 3.63) is 17.1 Å². The van der Waals surface area contributed by atoms with E-state index in [2.05, 4.69) is 4.37 Å². The van der Waals surface area contributed by atoms with E-state index in [1.807, 2.05) is 0 Å². The minimum atomic E-state index is 0.116. The van der Waals surface area contributed by atoms with Gasteiger partial charge in [0, 0.05) is 6.20 Å². The fourth-order valence-electron chi connectivity index (χ4n) is 0.324. The minimum absolute atomic E-state index is 0.116. The van der Waals surface area contributed by atoms with Crippen molar-refractivity contribution in [2.75, 3.05) is 0 Å². The Morgan fingerprint density at radius 3 is 3.00 bits per heavy atom. The monoisotopic (exact) mass is 115 g/mol. The molecule has 3 heteroatoms. The minimum Gasteiger partial charge on any atom is -0.391 e.